The van der Waals surface area contributed by atoms with E-state index in [9.17, 15) is 0 Å². The third-order valence-corrected chi connectivity index (χ3v) is 4.90. The molecule has 0 radical (unpaired) electrons. The summed E-state index contributed by atoms with van der Waals surface area (Å²) in [5, 5.41) is 3.34. The van der Waals surface area contributed by atoms with E-state index in [1.807, 2.05) is 30.3 Å². The minimum atomic E-state index is -2.62. The van der Waals surface area contributed by atoms with Gasteiger partial charge in [0.25, 0.3) is 0 Å². The first-order valence-corrected chi connectivity index (χ1v) is 7.68. The van der Waals surface area contributed by atoms with Gasteiger partial charge in [-0.05, 0) is 25.1 Å². The van der Waals surface area contributed by atoms with Gasteiger partial charge in [-0.15, -0.1) is 0 Å². The Bertz CT molecular complexity index is 312. The Labute approximate surface area is 110 Å². The van der Waals surface area contributed by atoms with Gasteiger partial charge in [-0.25, -0.2) is 0 Å². The average molecular weight is 270 g/mol. The summed E-state index contributed by atoms with van der Waals surface area (Å²) in [5.41, 5.74) is 1.13. The van der Waals surface area contributed by atoms with Crippen molar-refractivity contribution in [2.45, 2.75) is 6.42 Å². The summed E-state index contributed by atoms with van der Waals surface area (Å²) in [6.07, 6.45) is 0.958. The highest BCUT2D eigenvalue weighted by molar-refractivity contribution is 6.57. The molecular formula is C12H22N2O3Si. The molecule has 0 amide bonds. The molecule has 0 aliphatic carbocycles. The summed E-state index contributed by atoms with van der Waals surface area (Å²) >= 11 is 0. The van der Waals surface area contributed by atoms with E-state index >= 15 is 0 Å². The molecule has 0 bridgehead atoms. The second kappa shape index (κ2) is 8.23. The molecule has 0 spiro atoms. The van der Waals surface area contributed by atoms with Crippen LogP contribution in [-0.4, -0.2) is 43.4 Å². The fourth-order valence-corrected chi connectivity index (χ4v) is 3.00. The Hall–Kier alpha value is -0.923. The molecule has 1 rings (SSSR count). The van der Waals surface area contributed by atoms with Crippen LogP contribution in [0.1, 0.15) is 6.42 Å². The fourth-order valence-electron chi connectivity index (χ4n) is 1.59. The van der Waals surface area contributed by atoms with Crippen molar-refractivity contribution in [2.24, 2.45) is 0 Å². The van der Waals surface area contributed by atoms with E-state index in [2.05, 4.69) is 10.3 Å². The molecule has 2 N–H and O–H groups in total. The second-order valence-corrected chi connectivity index (χ2v) is 6.43. The monoisotopic (exact) mass is 270 g/mol. The Morgan fingerprint density at radius 2 is 1.56 bits per heavy atom. The van der Waals surface area contributed by atoms with Crippen LogP contribution in [0.15, 0.2) is 30.3 Å². The lowest BCUT2D eigenvalue weighted by Gasteiger charge is -2.24. The molecule has 0 aliphatic heterocycles. The maximum absolute atomic E-state index is 5.26. The maximum atomic E-state index is 5.26. The standard InChI is InChI=1S/C12H22N2O3Si/c1-15-18(16-2,17-3)14-11-7-10-13-12-8-5-4-6-9-12/h4-6,8-9,13-14H,7,10-11H2,1-3H3. The number of rotatable bonds is 9. The lowest BCUT2D eigenvalue weighted by molar-refractivity contribution is 0.110. The van der Waals surface area contributed by atoms with Crippen molar-refractivity contribution in [2.75, 3.05) is 39.7 Å². The average Bonchev–Trinajstić information content (AvgIpc) is 2.45. The van der Waals surface area contributed by atoms with Crippen molar-refractivity contribution in [1.29, 1.82) is 0 Å². The summed E-state index contributed by atoms with van der Waals surface area (Å²) in [5.74, 6) is 0. The second-order valence-electron chi connectivity index (χ2n) is 3.74. The summed E-state index contributed by atoms with van der Waals surface area (Å²) in [6, 6.07) is 10.1. The van der Waals surface area contributed by atoms with Crippen molar-refractivity contribution in [3.8, 4) is 0 Å². The number of hydrogen-bond acceptors (Lipinski definition) is 5. The van der Waals surface area contributed by atoms with E-state index < -0.39 is 8.97 Å². The van der Waals surface area contributed by atoms with Gasteiger partial charge in [0.15, 0.2) is 0 Å². The van der Waals surface area contributed by atoms with Gasteiger partial charge in [0.05, 0.1) is 0 Å². The molecule has 0 saturated heterocycles. The topological polar surface area (TPSA) is 51.8 Å². The van der Waals surface area contributed by atoms with Crippen molar-refractivity contribution in [3.05, 3.63) is 30.3 Å². The van der Waals surface area contributed by atoms with Crippen LogP contribution < -0.4 is 10.3 Å². The van der Waals surface area contributed by atoms with Crippen LogP contribution in [0.25, 0.3) is 0 Å². The van der Waals surface area contributed by atoms with E-state index in [0.29, 0.717) is 0 Å². The first-order valence-electron chi connectivity index (χ1n) is 5.95. The highest BCUT2D eigenvalue weighted by Gasteiger charge is 2.38. The number of hydrogen-bond donors (Lipinski definition) is 2. The molecule has 5 nitrogen and oxygen atoms in total. The SMILES string of the molecule is CO[Si](NCCCNc1ccccc1)(OC)OC. The minimum absolute atomic E-state index is 0.779. The minimum Gasteiger partial charge on any atom is -0.385 e. The number of nitrogens with one attached hydrogen (secondary N) is 2. The molecule has 1 aromatic rings. The molecule has 0 atom stereocenters. The Morgan fingerprint density at radius 1 is 0.944 bits per heavy atom. The van der Waals surface area contributed by atoms with E-state index in [-0.39, 0.29) is 0 Å². The predicted molar refractivity (Wildman–Crippen MR) is 74.3 cm³/mol. The molecule has 1 aromatic carbocycles. The Morgan fingerprint density at radius 3 is 2.11 bits per heavy atom. The van der Waals surface area contributed by atoms with Crippen LogP contribution in [0.4, 0.5) is 5.69 Å². The van der Waals surface area contributed by atoms with E-state index in [4.69, 9.17) is 13.3 Å². The zero-order valence-electron chi connectivity index (χ0n) is 11.2. The predicted octanol–water partition coefficient (Wildman–Crippen LogP) is 1.45. The summed E-state index contributed by atoms with van der Waals surface area (Å²) < 4.78 is 15.8. The highest BCUT2D eigenvalue weighted by atomic mass is 28.4. The molecule has 6 heteroatoms. The van der Waals surface area contributed by atoms with Gasteiger partial charge in [0.2, 0.25) is 0 Å². The molecule has 18 heavy (non-hydrogen) atoms. The van der Waals surface area contributed by atoms with Crippen LogP contribution in [-0.2, 0) is 13.3 Å². The maximum Gasteiger partial charge on any atom is 0.595 e. The first-order chi connectivity index (χ1) is 8.76. The number of anilines is 1. The highest BCUT2D eigenvalue weighted by Crippen LogP contribution is 2.05. The van der Waals surface area contributed by atoms with Gasteiger partial charge >= 0.3 is 8.97 Å². The van der Waals surface area contributed by atoms with Crippen LogP contribution in [0.2, 0.25) is 0 Å². The van der Waals surface area contributed by atoms with E-state index in [1.54, 1.807) is 21.3 Å². The molecule has 0 heterocycles. The molecule has 0 fully saturated rings. The number of benzene rings is 1. The van der Waals surface area contributed by atoms with Crippen molar-refractivity contribution < 1.29 is 13.3 Å². The molecule has 0 aliphatic rings. The normalized spacial score (nSPS) is 11.5. The van der Waals surface area contributed by atoms with Crippen molar-refractivity contribution in [1.82, 2.24) is 4.98 Å². The third kappa shape index (κ3) is 4.75. The van der Waals surface area contributed by atoms with Crippen molar-refractivity contribution in [3.63, 3.8) is 0 Å². The molecular weight excluding hydrogens is 248 g/mol. The summed E-state index contributed by atoms with van der Waals surface area (Å²) in [6.45, 7) is 1.67. The largest absolute Gasteiger partial charge is 0.595 e. The van der Waals surface area contributed by atoms with Gasteiger partial charge in [-0.3, -0.25) is 4.98 Å². The molecule has 102 valence electrons. The zero-order valence-corrected chi connectivity index (χ0v) is 12.2. The first kappa shape index (κ1) is 15.1. The Balaban J connectivity index is 2.18. The van der Waals surface area contributed by atoms with Gasteiger partial charge < -0.3 is 18.6 Å². The van der Waals surface area contributed by atoms with E-state index in [1.165, 1.54) is 0 Å². The van der Waals surface area contributed by atoms with Gasteiger partial charge in [0, 0.05) is 33.6 Å². The van der Waals surface area contributed by atoms with E-state index in [0.717, 1.165) is 25.2 Å². The quantitative estimate of drug-likeness (QED) is 0.525. The van der Waals surface area contributed by atoms with Gasteiger partial charge in [-0.1, -0.05) is 18.2 Å². The molecule has 0 unspecified atom stereocenters. The van der Waals surface area contributed by atoms with Crippen LogP contribution in [0.5, 0.6) is 0 Å². The van der Waals surface area contributed by atoms with Gasteiger partial charge in [0.1, 0.15) is 0 Å². The van der Waals surface area contributed by atoms with Gasteiger partial charge in [-0.2, -0.15) is 0 Å². The van der Waals surface area contributed by atoms with Crippen LogP contribution in [0.3, 0.4) is 0 Å². The van der Waals surface area contributed by atoms with Crippen LogP contribution in [0, 0.1) is 0 Å². The third-order valence-electron chi connectivity index (χ3n) is 2.60. The fraction of sp³-hybridized carbons (Fsp3) is 0.500. The summed E-state index contributed by atoms with van der Waals surface area (Å²) in [4.78, 5) is 3.20. The smallest absolute Gasteiger partial charge is 0.385 e. The zero-order chi connectivity index (χ0) is 13.3. The Kier molecular flexibility index (Phi) is 6.92. The lowest BCUT2D eigenvalue weighted by atomic mass is 10.3. The summed E-state index contributed by atoms with van der Waals surface area (Å²) in [7, 11) is 2.15. The van der Waals surface area contributed by atoms with Crippen LogP contribution >= 0.6 is 0 Å². The van der Waals surface area contributed by atoms with Crippen molar-refractivity contribution >= 4 is 14.7 Å². The molecule has 0 aromatic heterocycles. The number of para-hydroxylation sites is 1. The lowest BCUT2D eigenvalue weighted by Crippen LogP contribution is -2.57. The molecule has 0 saturated carbocycles.